The first-order valence-electron chi connectivity index (χ1n) is 8.81. The van der Waals surface area contributed by atoms with Crippen molar-refractivity contribution < 1.29 is 18.0 Å². The van der Waals surface area contributed by atoms with Crippen molar-refractivity contribution in [3.63, 3.8) is 0 Å². The van der Waals surface area contributed by atoms with Gasteiger partial charge < -0.3 is 5.32 Å². The summed E-state index contributed by atoms with van der Waals surface area (Å²) in [6.45, 7) is 7.12. The molecule has 3 aromatic rings. The van der Waals surface area contributed by atoms with Crippen LogP contribution in [-0.4, -0.2) is 20.5 Å². The third-order valence-corrected chi connectivity index (χ3v) is 4.37. The summed E-state index contributed by atoms with van der Waals surface area (Å²) in [5.74, 6) is -0.563. The summed E-state index contributed by atoms with van der Waals surface area (Å²) in [4.78, 5) is 16.8. The molecule has 0 radical (unpaired) electrons. The minimum atomic E-state index is -4.63. The quantitative estimate of drug-likeness (QED) is 0.714. The normalized spacial score (nSPS) is 13.5. The van der Waals surface area contributed by atoms with E-state index >= 15 is 0 Å². The Kier molecular flexibility index (Phi) is 4.91. The Balaban J connectivity index is 2.00. The second kappa shape index (κ2) is 6.92. The number of aromatic nitrogens is 3. The van der Waals surface area contributed by atoms with E-state index in [0.29, 0.717) is 4.52 Å². The van der Waals surface area contributed by atoms with Gasteiger partial charge >= 0.3 is 6.18 Å². The number of fused-ring (bicyclic) bond motifs is 1. The fourth-order valence-corrected chi connectivity index (χ4v) is 2.77. The molecule has 3 rings (SSSR count). The number of amides is 1. The SMILES string of the molecule is CC(NC(=O)c1cc2nc(C(C)(C)C)cc(C(F)(F)F)n2n1)c1ccccc1. The number of carbonyl (C=O) groups excluding carboxylic acids is 1. The fourth-order valence-electron chi connectivity index (χ4n) is 2.77. The molecule has 0 bridgehead atoms. The maximum atomic E-state index is 13.5. The van der Waals surface area contributed by atoms with Gasteiger partial charge in [-0.05, 0) is 18.6 Å². The van der Waals surface area contributed by atoms with Crippen molar-refractivity contribution in [2.75, 3.05) is 0 Å². The molecule has 1 N–H and O–H groups in total. The van der Waals surface area contributed by atoms with Crippen LogP contribution in [0.5, 0.6) is 0 Å². The number of hydrogen-bond donors (Lipinski definition) is 1. The fraction of sp³-hybridized carbons (Fsp3) is 0.350. The summed E-state index contributed by atoms with van der Waals surface area (Å²) in [6, 6.07) is 11.2. The van der Waals surface area contributed by atoms with E-state index in [0.717, 1.165) is 11.6 Å². The number of carbonyl (C=O) groups is 1. The van der Waals surface area contributed by atoms with Crippen LogP contribution in [0, 0.1) is 0 Å². The average molecular weight is 390 g/mol. The van der Waals surface area contributed by atoms with Gasteiger partial charge in [-0.2, -0.15) is 18.3 Å². The first kappa shape index (κ1) is 19.9. The van der Waals surface area contributed by atoms with E-state index in [-0.39, 0.29) is 23.1 Å². The minimum Gasteiger partial charge on any atom is -0.344 e. The van der Waals surface area contributed by atoms with Crippen LogP contribution in [0.4, 0.5) is 13.2 Å². The van der Waals surface area contributed by atoms with E-state index in [1.807, 2.05) is 30.3 Å². The van der Waals surface area contributed by atoms with Crippen molar-refractivity contribution in [2.45, 2.75) is 45.3 Å². The van der Waals surface area contributed by atoms with Gasteiger partial charge in [0.25, 0.3) is 5.91 Å². The maximum absolute atomic E-state index is 13.5. The highest BCUT2D eigenvalue weighted by atomic mass is 19.4. The molecular formula is C20H21F3N4O. The summed E-state index contributed by atoms with van der Waals surface area (Å²) in [5.41, 5.74) is -0.529. The molecule has 0 aliphatic heterocycles. The minimum absolute atomic E-state index is 0.0164. The lowest BCUT2D eigenvalue weighted by Gasteiger charge is -2.19. The summed E-state index contributed by atoms with van der Waals surface area (Å²) in [6.07, 6.45) is -4.63. The van der Waals surface area contributed by atoms with Crippen molar-refractivity contribution in [1.29, 1.82) is 0 Å². The molecule has 0 spiro atoms. The van der Waals surface area contributed by atoms with Crippen LogP contribution in [0.2, 0.25) is 0 Å². The Hall–Kier alpha value is -2.90. The molecule has 148 valence electrons. The maximum Gasteiger partial charge on any atom is 0.433 e. The van der Waals surface area contributed by atoms with Gasteiger partial charge in [-0.3, -0.25) is 4.79 Å². The molecular weight excluding hydrogens is 369 g/mol. The Labute approximate surface area is 160 Å². The van der Waals surface area contributed by atoms with Gasteiger partial charge in [-0.25, -0.2) is 9.50 Å². The average Bonchev–Trinajstić information content (AvgIpc) is 3.04. The number of hydrogen-bond acceptors (Lipinski definition) is 3. The van der Waals surface area contributed by atoms with Crippen molar-refractivity contribution >= 4 is 11.6 Å². The molecule has 1 atom stereocenters. The van der Waals surface area contributed by atoms with Gasteiger partial charge in [-0.1, -0.05) is 51.1 Å². The molecule has 1 unspecified atom stereocenters. The Morgan fingerprint density at radius 1 is 1.11 bits per heavy atom. The van der Waals surface area contributed by atoms with Crippen LogP contribution in [0.3, 0.4) is 0 Å². The second-order valence-electron chi connectivity index (χ2n) is 7.68. The topological polar surface area (TPSA) is 59.3 Å². The molecule has 28 heavy (non-hydrogen) atoms. The Morgan fingerprint density at radius 3 is 2.32 bits per heavy atom. The lowest BCUT2D eigenvalue weighted by molar-refractivity contribution is -0.142. The van der Waals surface area contributed by atoms with E-state index in [1.54, 1.807) is 27.7 Å². The van der Waals surface area contributed by atoms with Crippen LogP contribution < -0.4 is 5.32 Å². The lowest BCUT2D eigenvalue weighted by Crippen LogP contribution is -2.27. The largest absolute Gasteiger partial charge is 0.433 e. The zero-order chi connectivity index (χ0) is 20.7. The van der Waals surface area contributed by atoms with Crippen LogP contribution in [0.1, 0.15) is 61.2 Å². The molecule has 0 saturated heterocycles. The highest BCUT2D eigenvalue weighted by Gasteiger charge is 2.36. The van der Waals surface area contributed by atoms with Crippen molar-refractivity contribution in [1.82, 2.24) is 19.9 Å². The van der Waals surface area contributed by atoms with Crippen molar-refractivity contribution in [2.24, 2.45) is 0 Å². The van der Waals surface area contributed by atoms with Gasteiger partial charge in [-0.15, -0.1) is 0 Å². The third-order valence-electron chi connectivity index (χ3n) is 4.37. The van der Waals surface area contributed by atoms with Gasteiger partial charge in [0.15, 0.2) is 11.3 Å². The zero-order valence-electron chi connectivity index (χ0n) is 16.0. The highest BCUT2D eigenvalue weighted by Crippen LogP contribution is 2.32. The van der Waals surface area contributed by atoms with Crippen molar-refractivity contribution in [3.8, 4) is 0 Å². The Bertz CT molecular complexity index is 1000. The predicted molar refractivity (Wildman–Crippen MR) is 99.0 cm³/mol. The molecule has 8 heteroatoms. The highest BCUT2D eigenvalue weighted by molar-refractivity contribution is 5.93. The smallest absolute Gasteiger partial charge is 0.344 e. The monoisotopic (exact) mass is 390 g/mol. The van der Waals surface area contributed by atoms with E-state index in [4.69, 9.17) is 0 Å². The number of benzene rings is 1. The molecule has 1 amide bonds. The number of rotatable bonds is 3. The van der Waals surface area contributed by atoms with Gasteiger partial charge in [0, 0.05) is 11.5 Å². The number of halogens is 3. The van der Waals surface area contributed by atoms with E-state index in [1.165, 1.54) is 6.07 Å². The molecule has 0 aliphatic carbocycles. The van der Waals surface area contributed by atoms with Crippen LogP contribution in [-0.2, 0) is 11.6 Å². The molecule has 5 nitrogen and oxygen atoms in total. The van der Waals surface area contributed by atoms with Crippen LogP contribution in [0.25, 0.3) is 5.65 Å². The van der Waals surface area contributed by atoms with Gasteiger partial charge in [0.1, 0.15) is 5.69 Å². The molecule has 1 aromatic carbocycles. The van der Waals surface area contributed by atoms with E-state index < -0.39 is 23.2 Å². The van der Waals surface area contributed by atoms with Crippen molar-refractivity contribution in [3.05, 3.63) is 65.1 Å². The molecule has 0 saturated carbocycles. The van der Waals surface area contributed by atoms with Gasteiger partial charge in [0.2, 0.25) is 0 Å². The summed E-state index contributed by atoms with van der Waals surface area (Å²) >= 11 is 0. The molecule has 2 aromatic heterocycles. The van der Waals surface area contributed by atoms with Crippen LogP contribution >= 0.6 is 0 Å². The molecule has 0 aliphatic rings. The summed E-state index contributed by atoms with van der Waals surface area (Å²) in [5, 5.41) is 6.62. The number of alkyl halides is 3. The third kappa shape index (κ3) is 4.00. The standard InChI is InChI=1S/C20H21F3N4O/c1-12(13-8-6-5-7-9-13)24-18(28)14-10-17-25-15(19(2,3)4)11-16(20(21,22)23)27(17)26-14/h5-12H,1-4H3,(H,24,28). The summed E-state index contributed by atoms with van der Waals surface area (Å²) in [7, 11) is 0. The first-order chi connectivity index (χ1) is 13.0. The number of nitrogens with zero attached hydrogens (tertiary/aromatic N) is 3. The van der Waals surface area contributed by atoms with E-state index in [2.05, 4.69) is 15.4 Å². The van der Waals surface area contributed by atoms with Crippen LogP contribution in [0.15, 0.2) is 42.5 Å². The zero-order valence-corrected chi connectivity index (χ0v) is 16.0. The Morgan fingerprint density at radius 2 is 1.75 bits per heavy atom. The molecule has 2 heterocycles. The first-order valence-corrected chi connectivity index (χ1v) is 8.81. The summed E-state index contributed by atoms with van der Waals surface area (Å²) < 4.78 is 41.3. The van der Waals surface area contributed by atoms with Gasteiger partial charge in [0.05, 0.1) is 11.7 Å². The molecule has 0 fully saturated rings. The van der Waals surface area contributed by atoms with E-state index in [9.17, 15) is 18.0 Å². The predicted octanol–water partition coefficient (Wildman–Crippen LogP) is 4.54. The number of nitrogens with one attached hydrogen (secondary N) is 1. The lowest BCUT2D eigenvalue weighted by atomic mass is 9.91. The second-order valence-corrected chi connectivity index (χ2v) is 7.68.